The summed E-state index contributed by atoms with van der Waals surface area (Å²) in [6, 6.07) is 101. The smallest absolute Gasteiger partial charge is 0.0991 e. The van der Waals surface area contributed by atoms with Crippen molar-refractivity contribution in [2.24, 2.45) is 0 Å². The van der Waals surface area contributed by atoms with Crippen LogP contribution in [-0.2, 0) is 0 Å². The fraction of sp³-hybridized carbons (Fsp3) is 0. The largest absolute Gasteiger partial charge is 0.309 e. The lowest BCUT2D eigenvalue weighted by Gasteiger charge is -2.22. The molecule has 0 radical (unpaired) electrons. The molecule has 0 atom stereocenters. The van der Waals surface area contributed by atoms with E-state index in [-0.39, 0.29) is 0 Å². The first kappa shape index (κ1) is 43.6. The van der Waals surface area contributed by atoms with E-state index in [2.05, 4.69) is 265 Å². The van der Waals surface area contributed by atoms with Crippen LogP contribution in [0.4, 0.5) is 0 Å². The minimum Gasteiger partial charge on any atom is -0.309 e. The summed E-state index contributed by atoms with van der Waals surface area (Å²) in [5, 5.41) is 36.9. The summed E-state index contributed by atoms with van der Waals surface area (Å²) in [4.78, 5) is 0. The topological polar surface area (TPSA) is 28.7 Å². The quantitative estimate of drug-likeness (QED) is 0.128. The van der Waals surface area contributed by atoms with Crippen molar-refractivity contribution in [3.05, 3.63) is 272 Å². The molecule has 1 heterocycles. The Balaban J connectivity index is 0.964. The predicted octanol–water partition coefficient (Wildman–Crippen LogP) is 21.2. The highest BCUT2D eigenvalue weighted by molar-refractivity contribution is 6.39. The van der Waals surface area contributed by atoms with E-state index in [0.29, 0.717) is 5.56 Å². The maximum Gasteiger partial charge on any atom is 0.0991 e. The average molecular weight is 997 g/mol. The van der Waals surface area contributed by atoms with Crippen LogP contribution >= 0.6 is 0 Å². The lowest BCUT2D eigenvalue weighted by atomic mass is 9.80. The van der Waals surface area contributed by atoms with Crippen LogP contribution in [0.25, 0.3) is 169 Å². The summed E-state index contributed by atoms with van der Waals surface area (Å²) >= 11 is 0. The molecule has 0 spiro atoms. The van der Waals surface area contributed by atoms with Crippen molar-refractivity contribution in [3.63, 3.8) is 0 Å². The van der Waals surface area contributed by atoms with Gasteiger partial charge >= 0.3 is 0 Å². The number of nitriles is 1. The molecule has 16 aromatic carbocycles. The van der Waals surface area contributed by atoms with Crippen molar-refractivity contribution in [1.82, 2.24) is 4.57 Å². The number of nitrogens with zero attached hydrogens (tertiary/aromatic N) is 2. The van der Waals surface area contributed by atoms with Gasteiger partial charge in [-0.05, 0) is 173 Å². The van der Waals surface area contributed by atoms with Gasteiger partial charge in [0.1, 0.15) is 0 Å². The molecule has 0 fully saturated rings. The van der Waals surface area contributed by atoms with Crippen LogP contribution in [0.3, 0.4) is 0 Å². The number of aromatic nitrogens is 1. The SMILES string of the molecule is N#Cc1ccc(-c2c3ccccc3c(-c3c4ccccc4c(-c4ccc5c(c4)c4ccccc4c4cc6c7c8c9ccccc9ccc8c8ccccc8c7n(-c7ccccc7)c6cc54)c4ccccc34)c3ccccc23)cc1. The number of benzene rings is 16. The van der Waals surface area contributed by atoms with Crippen LogP contribution in [-0.4, -0.2) is 4.57 Å². The Kier molecular flexibility index (Phi) is 9.23. The third kappa shape index (κ3) is 6.16. The van der Waals surface area contributed by atoms with Gasteiger partial charge in [0, 0.05) is 27.2 Å². The lowest BCUT2D eigenvalue weighted by molar-refractivity contribution is 1.19. The third-order valence-electron chi connectivity index (χ3n) is 17.3. The van der Waals surface area contributed by atoms with E-state index in [1.807, 2.05) is 12.1 Å². The Labute approximate surface area is 454 Å². The van der Waals surface area contributed by atoms with Gasteiger partial charge in [-0.1, -0.05) is 224 Å². The molecule has 0 saturated heterocycles. The number of rotatable bonds is 4. The highest BCUT2D eigenvalue weighted by atomic mass is 15.0. The molecule has 0 saturated carbocycles. The average Bonchev–Trinajstić information content (AvgIpc) is 3.60. The molecule has 2 heteroatoms. The normalized spacial score (nSPS) is 12.0. The van der Waals surface area contributed by atoms with Crippen LogP contribution in [0, 0.1) is 11.3 Å². The van der Waals surface area contributed by atoms with Crippen molar-refractivity contribution >= 4 is 130 Å². The molecule has 1 aromatic heterocycles. The summed E-state index contributed by atoms with van der Waals surface area (Å²) in [6.45, 7) is 0. The maximum atomic E-state index is 9.71. The molecule has 79 heavy (non-hydrogen) atoms. The first-order valence-corrected chi connectivity index (χ1v) is 27.2. The highest BCUT2D eigenvalue weighted by Crippen LogP contribution is 2.52. The minimum atomic E-state index is 0.654. The van der Waals surface area contributed by atoms with Crippen molar-refractivity contribution < 1.29 is 0 Å². The van der Waals surface area contributed by atoms with Gasteiger partial charge in [0.2, 0.25) is 0 Å². The first-order chi connectivity index (χ1) is 39.2. The number of fused-ring (bicyclic) bond motifs is 20. The van der Waals surface area contributed by atoms with Gasteiger partial charge in [-0.25, -0.2) is 0 Å². The van der Waals surface area contributed by atoms with Crippen molar-refractivity contribution in [2.75, 3.05) is 0 Å². The van der Waals surface area contributed by atoms with Crippen LogP contribution in [0.5, 0.6) is 0 Å². The van der Waals surface area contributed by atoms with Gasteiger partial charge in [0.15, 0.2) is 0 Å². The fourth-order valence-electron chi connectivity index (χ4n) is 14.1. The van der Waals surface area contributed by atoms with Crippen molar-refractivity contribution in [2.45, 2.75) is 0 Å². The molecule has 0 unspecified atom stereocenters. The molecule has 17 aromatic rings. The van der Waals surface area contributed by atoms with Crippen molar-refractivity contribution in [1.29, 1.82) is 5.26 Å². The zero-order chi connectivity index (χ0) is 51.9. The Bertz CT molecular complexity index is 5430. The summed E-state index contributed by atoms with van der Waals surface area (Å²) in [6.07, 6.45) is 0. The summed E-state index contributed by atoms with van der Waals surface area (Å²) < 4.78 is 2.54. The highest BCUT2D eigenvalue weighted by Gasteiger charge is 2.25. The number of hydrogen-bond acceptors (Lipinski definition) is 1. The second-order valence-electron chi connectivity index (χ2n) is 21.2. The van der Waals surface area contributed by atoms with E-state index in [4.69, 9.17) is 0 Å². The van der Waals surface area contributed by atoms with E-state index in [0.717, 1.165) is 11.3 Å². The van der Waals surface area contributed by atoms with E-state index < -0.39 is 0 Å². The maximum absolute atomic E-state index is 9.71. The van der Waals surface area contributed by atoms with Gasteiger partial charge in [-0.3, -0.25) is 0 Å². The minimum absolute atomic E-state index is 0.654. The van der Waals surface area contributed by atoms with Gasteiger partial charge < -0.3 is 4.57 Å². The summed E-state index contributed by atoms with van der Waals surface area (Å²) in [7, 11) is 0. The third-order valence-corrected chi connectivity index (χ3v) is 17.3. The van der Waals surface area contributed by atoms with E-state index >= 15 is 0 Å². The lowest BCUT2D eigenvalue weighted by Crippen LogP contribution is -1.95. The molecule has 0 aliphatic rings. The number of hydrogen-bond donors (Lipinski definition) is 0. The van der Waals surface area contributed by atoms with Crippen LogP contribution in [0.2, 0.25) is 0 Å². The van der Waals surface area contributed by atoms with E-state index in [1.165, 1.54) is 157 Å². The van der Waals surface area contributed by atoms with Crippen LogP contribution < -0.4 is 0 Å². The molecule has 17 rings (SSSR count). The molecule has 0 N–H and O–H groups in total. The number of para-hydroxylation sites is 1. The van der Waals surface area contributed by atoms with E-state index in [1.54, 1.807) is 0 Å². The fourth-order valence-corrected chi connectivity index (χ4v) is 14.1. The zero-order valence-corrected chi connectivity index (χ0v) is 42.8. The monoisotopic (exact) mass is 996 g/mol. The molecule has 0 amide bonds. The molecular weight excluding hydrogens is 953 g/mol. The standard InChI is InChI=1S/C77H44N2/c78-45-46-34-36-48(37-35-46)71-56-25-9-13-29-60(56)74(61-30-14-10-26-57(61)71)75-62-31-15-11-27-58(62)72(59-28-12-16-32-63(59)75)49-39-40-55-66(42-49)52-22-6-7-23-53(52)67-43-69-70(44-68(55)67)79(50-19-2-1-3-20-50)77-65-33-17-8-24-54(65)64-41-38-47-18-4-5-21-51(47)73(64)76(69)77/h1-44H. The molecule has 0 aliphatic heterocycles. The van der Waals surface area contributed by atoms with Gasteiger partial charge in [0.05, 0.1) is 22.7 Å². The molecule has 0 bridgehead atoms. The zero-order valence-electron chi connectivity index (χ0n) is 42.8. The summed E-state index contributed by atoms with van der Waals surface area (Å²) in [5.41, 5.74) is 11.4. The van der Waals surface area contributed by atoms with Gasteiger partial charge in [-0.2, -0.15) is 5.26 Å². The molecule has 362 valence electrons. The Morgan fingerprint density at radius 2 is 0.658 bits per heavy atom. The van der Waals surface area contributed by atoms with Gasteiger partial charge in [0.25, 0.3) is 0 Å². The predicted molar refractivity (Wildman–Crippen MR) is 337 cm³/mol. The first-order valence-electron chi connectivity index (χ1n) is 27.2. The van der Waals surface area contributed by atoms with Crippen LogP contribution in [0.15, 0.2) is 267 Å². The Hall–Kier alpha value is -10.6. The summed E-state index contributed by atoms with van der Waals surface area (Å²) in [5.74, 6) is 0. The van der Waals surface area contributed by atoms with Gasteiger partial charge in [-0.15, -0.1) is 0 Å². The second-order valence-corrected chi connectivity index (χ2v) is 21.2. The molecule has 2 nitrogen and oxygen atoms in total. The van der Waals surface area contributed by atoms with Crippen LogP contribution in [0.1, 0.15) is 5.56 Å². The molecular formula is C77H44N2. The Morgan fingerprint density at radius 1 is 0.253 bits per heavy atom. The van der Waals surface area contributed by atoms with Crippen molar-refractivity contribution in [3.8, 4) is 45.1 Å². The Morgan fingerprint density at radius 3 is 1.22 bits per heavy atom. The second kappa shape index (κ2) is 16.7. The molecule has 0 aliphatic carbocycles. The van der Waals surface area contributed by atoms with E-state index in [9.17, 15) is 5.26 Å².